The summed E-state index contributed by atoms with van der Waals surface area (Å²) in [6.45, 7) is 4.67. The van der Waals surface area contributed by atoms with Crippen molar-refractivity contribution in [3.8, 4) is 0 Å². The quantitative estimate of drug-likeness (QED) is 0.0272. The first-order chi connectivity index (χ1) is 36.0. The molecule has 3 atom stereocenters. The number of allylic oxidation sites excluding steroid dienone is 5. The second-order valence-corrected chi connectivity index (χ2v) is 24.9. The molecular formula is C65H127N2O6P. The van der Waals surface area contributed by atoms with E-state index < -0.39 is 26.6 Å². The second-order valence-electron chi connectivity index (χ2n) is 23.5. The third kappa shape index (κ3) is 58.4. The lowest BCUT2D eigenvalue weighted by Crippen LogP contribution is -2.45. The van der Waals surface area contributed by atoms with E-state index in [1.165, 1.54) is 257 Å². The van der Waals surface area contributed by atoms with Crippen LogP contribution >= 0.6 is 7.82 Å². The zero-order valence-corrected chi connectivity index (χ0v) is 51.0. The fourth-order valence-electron chi connectivity index (χ4n) is 9.78. The number of carbonyl (C=O) groups excluding carboxylic acids is 1. The molecule has 0 heterocycles. The van der Waals surface area contributed by atoms with Gasteiger partial charge in [0.25, 0.3) is 7.82 Å². The minimum absolute atomic E-state index is 0.00718. The van der Waals surface area contributed by atoms with Crippen LogP contribution < -0.4 is 10.2 Å². The molecule has 0 aliphatic rings. The summed E-state index contributed by atoms with van der Waals surface area (Å²) in [4.78, 5) is 25.6. The Morgan fingerprint density at radius 1 is 0.459 bits per heavy atom. The Hall–Kier alpha value is -1.28. The summed E-state index contributed by atoms with van der Waals surface area (Å²) >= 11 is 0. The highest BCUT2D eigenvalue weighted by Crippen LogP contribution is 2.38. The van der Waals surface area contributed by atoms with Gasteiger partial charge in [-0.15, -0.1) is 0 Å². The van der Waals surface area contributed by atoms with Crippen LogP contribution in [-0.4, -0.2) is 68.5 Å². The average molecular weight is 1060 g/mol. The number of phosphoric acid groups is 1. The number of hydrogen-bond donors (Lipinski definition) is 2. The molecular weight excluding hydrogens is 936 g/mol. The molecule has 0 aromatic heterocycles. The van der Waals surface area contributed by atoms with Crippen molar-refractivity contribution in [1.29, 1.82) is 0 Å². The number of carbonyl (C=O) groups is 1. The van der Waals surface area contributed by atoms with Gasteiger partial charge >= 0.3 is 0 Å². The molecule has 8 nitrogen and oxygen atoms in total. The van der Waals surface area contributed by atoms with Gasteiger partial charge in [-0.25, -0.2) is 0 Å². The SMILES string of the molecule is CCCCCCCCCCCCCCCCCCCC/C=C/CC/C=C/CC/C=C/C(O)C(COP(=O)([O-])OCC[N+](C)(C)C)NC(=O)CCCCCCCCCCCCCCCCCCCCCCCCCC. The summed E-state index contributed by atoms with van der Waals surface area (Å²) in [5, 5.41) is 13.9. The van der Waals surface area contributed by atoms with Crippen LogP contribution in [0.3, 0.4) is 0 Å². The normalized spacial score (nSPS) is 14.0. The second kappa shape index (κ2) is 56.4. The number of quaternary nitrogens is 1. The fourth-order valence-corrected chi connectivity index (χ4v) is 10.5. The molecule has 0 saturated carbocycles. The molecule has 0 bridgehead atoms. The molecule has 9 heteroatoms. The zero-order valence-electron chi connectivity index (χ0n) is 50.1. The number of hydrogen-bond acceptors (Lipinski definition) is 6. The zero-order chi connectivity index (χ0) is 54.2. The predicted octanol–water partition coefficient (Wildman–Crippen LogP) is 19.5. The van der Waals surface area contributed by atoms with Crippen LogP contribution in [0.15, 0.2) is 36.5 Å². The smallest absolute Gasteiger partial charge is 0.268 e. The van der Waals surface area contributed by atoms with E-state index in [2.05, 4.69) is 43.5 Å². The maximum Gasteiger partial charge on any atom is 0.268 e. The molecule has 0 aliphatic heterocycles. The summed E-state index contributed by atoms with van der Waals surface area (Å²) in [5.41, 5.74) is 0. The highest BCUT2D eigenvalue weighted by Gasteiger charge is 2.23. The molecule has 0 spiro atoms. The molecule has 0 aliphatic carbocycles. The molecule has 0 aromatic rings. The lowest BCUT2D eigenvalue weighted by atomic mass is 10.0. The van der Waals surface area contributed by atoms with Crippen LogP contribution in [0.5, 0.6) is 0 Å². The van der Waals surface area contributed by atoms with Gasteiger partial charge in [-0.3, -0.25) is 9.36 Å². The number of aliphatic hydroxyl groups excluding tert-OH is 1. The summed E-state index contributed by atoms with van der Waals surface area (Å²) in [7, 11) is 1.25. The Morgan fingerprint density at radius 2 is 0.757 bits per heavy atom. The lowest BCUT2D eigenvalue weighted by Gasteiger charge is -2.29. The van der Waals surface area contributed by atoms with Crippen molar-refractivity contribution in [3.63, 3.8) is 0 Å². The lowest BCUT2D eigenvalue weighted by molar-refractivity contribution is -0.870. The van der Waals surface area contributed by atoms with Crippen molar-refractivity contribution in [2.24, 2.45) is 0 Å². The van der Waals surface area contributed by atoms with Crippen molar-refractivity contribution in [3.05, 3.63) is 36.5 Å². The van der Waals surface area contributed by atoms with Crippen molar-refractivity contribution < 1.29 is 32.9 Å². The summed E-state index contributed by atoms with van der Waals surface area (Å²) in [6.07, 6.45) is 74.0. The van der Waals surface area contributed by atoms with E-state index in [1.807, 2.05) is 27.2 Å². The average Bonchev–Trinajstić information content (AvgIpc) is 3.36. The maximum absolute atomic E-state index is 13.0. The Kier molecular flexibility index (Phi) is 55.5. The van der Waals surface area contributed by atoms with Crippen LogP contribution in [-0.2, 0) is 18.4 Å². The first-order valence-electron chi connectivity index (χ1n) is 32.4. The van der Waals surface area contributed by atoms with Crippen LogP contribution in [0.2, 0.25) is 0 Å². The number of nitrogens with one attached hydrogen (secondary N) is 1. The van der Waals surface area contributed by atoms with Gasteiger partial charge in [0, 0.05) is 6.42 Å². The molecule has 2 N–H and O–H groups in total. The van der Waals surface area contributed by atoms with Gasteiger partial charge in [0.1, 0.15) is 13.2 Å². The number of rotatable bonds is 60. The molecule has 0 aromatic carbocycles. The largest absolute Gasteiger partial charge is 0.756 e. The number of unbranched alkanes of at least 4 members (excludes halogenated alkanes) is 43. The predicted molar refractivity (Wildman–Crippen MR) is 321 cm³/mol. The van der Waals surface area contributed by atoms with E-state index in [1.54, 1.807) is 6.08 Å². The van der Waals surface area contributed by atoms with E-state index in [-0.39, 0.29) is 12.5 Å². The van der Waals surface area contributed by atoms with Gasteiger partial charge in [-0.2, -0.15) is 0 Å². The van der Waals surface area contributed by atoms with E-state index in [4.69, 9.17) is 9.05 Å². The van der Waals surface area contributed by atoms with Crippen molar-refractivity contribution in [2.75, 3.05) is 40.9 Å². The number of aliphatic hydroxyl groups is 1. The molecule has 0 saturated heterocycles. The third-order valence-corrected chi connectivity index (χ3v) is 15.8. The Bertz CT molecular complexity index is 1300. The van der Waals surface area contributed by atoms with E-state index >= 15 is 0 Å². The highest BCUT2D eigenvalue weighted by atomic mass is 31.2. The Labute approximate surface area is 461 Å². The van der Waals surface area contributed by atoms with Crippen molar-refractivity contribution >= 4 is 13.7 Å². The number of amides is 1. The molecule has 438 valence electrons. The molecule has 3 unspecified atom stereocenters. The highest BCUT2D eigenvalue weighted by molar-refractivity contribution is 7.45. The first-order valence-corrected chi connectivity index (χ1v) is 33.8. The summed E-state index contributed by atoms with van der Waals surface area (Å²) < 4.78 is 23.4. The molecule has 74 heavy (non-hydrogen) atoms. The monoisotopic (exact) mass is 1060 g/mol. The summed E-state index contributed by atoms with van der Waals surface area (Å²) in [5.74, 6) is -0.205. The number of nitrogens with zero attached hydrogens (tertiary/aromatic N) is 1. The van der Waals surface area contributed by atoms with Crippen LogP contribution in [0, 0.1) is 0 Å². The topological polar surface area (TPSA) is 108 Å². The standard InChI is InChI=1S/C65H127N2O6P/c1-6-8-10-12-14-16-18-20-22-24-26-28-30-32-33-34-35-36-38-40-42-44-46-48-50-52-54-56-58-64(68)63(62-73-74(70,71)72-61-60-67(3,4)5)66-65(69)59-57-55-53-51-49-47-45-43-41-39-37-31-29-27-25-23-21-19-17-15-13-11-9-7-2/h40,42,48,50,56,58,63-64,68H,6-39,41,43-47,49,51-55,57,59-62H2,1-5H3,(H-,66,69,70,71)/b42-40+,50-48+,58-56+. The van der Waals surface area contributed by atoms with E-state index in [0.29, 0.717) is 17.4 Å². The van der Waals surface area contributed by atoms with E-state index in [9.17, 15) is 19.4 Å². The first kappa shape index (κ1) is 72.7. The summed E-state index contributed by atoms with van der Waals surface area (Å²) in [6, 6.07) is -0.909. The molecule has 0 fully saturated rings. The minimum atomic E-state index is -4.61. The van der Waals surface area contributed by atoms with Crippen molar-refractivity contribution in [1.82, 2.24) is 5.32 Å². The minimum Gasteiger partial charge on any atom is -0.756 e. The van der Waals surface area contributed by atoms with Crippen LogP contribution in [0.4, 0.5) is 0 Å². The van der Waals surface area contributed by atoms with Gasteiger partial charge in [0.15, 0.2) is 0 Å². The van der Waals surface area contributed by atoms with Gasteiger partial charge in [0.05, 0.1) is 39.9 Å². The number of likely N-dealkylation sites (N-methyl/N-ethyl adjacent to an activating group) is 1. The molecule has 1 amide bonds. The van der Waals surface area contributed by atoms with Crippen LogP contribution in [0.1, 0.15) is 322 Å². The van der Waals surface area contributed by atoms with E-state index in [0.717, 1.165) is 44.9 Å². The van der Waals surface area contributed by atoms with Crippen molar-refractivity contribution in [2.45, 2.75) is 334 Å². The Balaban J connectivity index is 4.18. The number of phosphoric ester groups is 1. The molecule has 0 radical (unpaired) electrons. The maximum atomic E-state index is 13.0. The van der Waals surface area contributed by atoms with Gasteiger partial charge in [-0.1, -0.05) is 307 Å². The van der Waals surface area contributed by atoms with Gasteiger partial charge in [-0.05, 0) is 44.9 Å². The van der Waals surface area contributed by atoms with Gasteiger partial charge in [0.2, 0.25) is 5.91 Å². The third-order valence-electron chi connectivity index (χ3n) is 14.8. The van der Waals surface area contributed by atoms with Crippen LogP contribution in [0.25, 0.3) is 0 Å². The Morgan fingerprint density at radius 3 is 1.09 bits per heavy atom. The molecule has 0 rings (SSSR count). The fraction of sp³-hybridized carbons (Fsp3) is 0.892. The van der Waals surface area contributed by atoms with Gasteiger partial charge < -0.3 is 28.8 Å².